The van der Waals surface area contributed by atoms with Crippen LogP contribution in [0, 0.1) is 4.77 Å². The van der Waals surface area contributed by atoms with Gasteiger partial charge in [-0.25, -0.2) is 0 Å². The Morgan fingerprint density at radius 2 is 1.93 bits per heavy atom. The average Bonchev–Trinajstić information content (AvgIpc) is 3.25. The second-order valence-electron chi connectivity index (χ2n) is 6.52. The number of rotatable bonds is 5. The highest BCUT2D eigenvalue weighted by molar-refractivity contribution is 7.71. The molecule has 0 amide bonds. The Kier molecular flexibility index (Phi) is 4.60. The lowest BCUT2D eigenvalue weighted by Gasteiger charge is -2.11. The molecule has 136 valence electrons. The molecule has 7 heteroatoms. The molecule has 6 nitrogen and oxygen atoms in total. The molecular weight excluding hydrogens is 356 g/mol. The zero-order chi connectivity index (χ0) is 18.8. The second-order valence-corrected chi connectivity index (χ2v) is 6.91. The van der Waals surface area contributed by atoms with Crippen LogP contribution in [0.2, 0.25) is 0 Å². The van der Waals surface area contributed by atoms with Crippen LogP contribution in [0.15, 0.2) is 59.8 Å². The van der Waals surface area contributed by atoms with Crippen LogP contribution in [0.4, 0.5) is 5.69 Å². The molecule has 0 aliphatic rings. The predicted octanol–water partition coefficient (Wildman–Crippen LogP) is 3.96. The molecule has 0 aliphatic carbocycles. The summed E-state index contributed by atoms with van der Waals surface area (Å²) < 4.78 is 2.16. The first-order chi connectivity index (χ1) is 13.1. The van der Waals surface area contributed by atoms with Crippen molar-refractivity contribution in [2.24, 2.45) is 5.10 Å². The van der Waals surface area contributed by atoms with Crippen LogP contribution in [-0.2, 0) is 6.42 Å². The average molecular weight is 376 g/mol. The minimum atomic E-state index is 0.478. The van der Waals surface area contributed by atoms with E-state index in [2.05, 4.69) is 49.4 Å². The van der Waals surface area contributed by atoms with Crippen LogP contribution in [-0.4, -0.2) is 40.2 Å². The topological polar surface area (TPSA) is 65.0 Å². The van der Waals surface area contributed by atoms with Crippen molar-refractivity contribution in [1.82, 2.24) is 19.9 Å². The first kappa shape index (κ1) is 17.2. The molecule has 0 radical (unpaired) electrons. The number of para-hydroxylation sites is 1. The number of hydrogen-bond donors (Lipinski definition) is 2. The van der Waals surface area contributed by atoms with Crippen LogP contribution in [0.25, 0.3) is 10.9 Å². The fourth-order valence-corrected chi connectivity index (χ4v) is 3.19. The standard InChI is InChI=1S/C20H20N6S/c1-25(2)16-9-7-14(8-10-16)12-22-26-19(23-24-20(26)27)11-15-13-21-18-6-4-3-5-17(15)18/h3-10,12-13,21H,11H2,1-2H3,(H,24,27)/b22-12+. The lowest BCUT2D eigenvalue weighted by molar-refractivity contribution is 0.793. The van der Waals surface area contributed by atoms with Gasteiger partial charge in [-0.05, 0) is 41.5 Å². The molecule has 2 aromatic heterocycles. The number of nitrogens with one attached hydrogen (secondary N) is 2. The van der Waals surface area contributed by atoms with Crippen molar-refractivity contribution in [3.63, 3.8) is 0 Å². The number of benzene rings is 2. The molecule has 27 heavy (non-hydrogen) atoms. The van der Waals surface area contributed by atoms with E-state index in [-0.39, 0.29) is 0 Å². The van der Waals surface area contributed by atoms with Crippen molar-refractivity contribution in [3.05, 3.63) is 76.5 Å². The molecule has 4 rings (SSSR count). The Hall–Kier alpha value is -3.19. The van der Waals surface area contributed by atoms with E-state index in [4.69, 9.17) is 12.2 Å². The SMILES string of the molecule is CN(C)c1ccc(/C=N/n2c(Cc3c[nH]c4ccccc34)n[nH]c2=S)cc1. The van der Waals surface area contributed by atoms with Crippen LogP contribution in [0.1, 0.15) is 17.0 Å². The molecule has 0 fully saturated rings. The maximum absolute atomic E-state index is 5.35. The Balaban J connectivity index is 1.61. The highest BCUT2D eigenvalue weighted by Crippen LogP contribution is 2.20. The van der Waals surface area contributed by atoms with Crippen LogP contribution >= 0.6 is 12.2 Å². The van der Waals surface area contributed by atoms with E-state index in [0.717, 1.165) is 28.2 Å². The summed E-state index contributed by atoms with van der Waals surface area (Å²) in [4.78, 5) is 5.35. The van der Waals surface area contributed by atoms with Crippen molar-refractivity contribution in [2.45, 2.75) is 6.42 Å². The van der Waals surface area contributed by atoms with Gasteiger partial charge >= 0.3 is 0 Å². The van der Waals surface area contributed by atoms with E-state index in [1.54, 1.807) is 10.9 Å². The molecule has 2 N–H and O–H groups in total. The van der Waals surface area contributed by atoms with Gasteiger partial charge in [0.25, 0.3) is 0 Å². The smallest absolute Gasteiger partial charge is 0.216 e. The number of H-pyrrole nitrogens is 2. The van der Waals surface area contributed by atoms with Gasteiger partial charge in [0.05, 0.1) is 6.21 Å². The number of anilines is 1. The van der Waals surface area contributed by atoms with Gasteiger partial charge in [-0.2, -0.15) is 14.9 Å². The molecule has 0 saturated carbocycles. The monoisotopic (exact) mass is 376 g/mol. The first-order valence-corrected chi connectivity index (χ1v) is 9.05. The van der Waals surface area contributed by atoms with Gasteiger partial charge in [-0.1, -0.05) is 30.3 Å². The van der Waals surface area contributed by atoms with E-state index in [9.17, 15) is 0 Å². The molecule has 2 aromatic carbocycles. The Morgan fingerprint density at radius 3 is 2.70 bits per heavy atom. The lowest BCUT2D eigenvalue weighted by Crippen LogP contribution is -2.08. The van der Waals surface area contributed by atoms with Crippen LogP contribution in [0.3, 0.4) is 0 Å². The molecule has 0 spiro atoms. The van der Waals surface area contributed by atoms with Crippen molar-refractivity contribution in [2.75, 3.05) is 19.0 Å². The highest BCUT2D eigenvalue weighted by Gasteiger charge is 2.10. The summed E-state index contributed by atoms with van der Waals surface area (Å²) in [6.45, 7) is 0. The molecule has 0 unspecified atom stereocenters. The number of nitrogens with zero attached hydrogens (tertiary/aromatic N) is 4. The third-order valence-corrected chi connectivity index (χ3v) is 4.74. The maximum Gasteiger partial charge on any atom is 0.216 e. The molecule has 0 atom stereocenters. The summed E-state index contributed by atoms with van der Waals surface area (Å²) in [7, 11) is 4.04. The molecule has 0 saturated heterocycles. The molecule has 4 aromatic rings. The zero-order valence-corrected chi connectivity index (χ0v) is 16.0. The van der Waals surface area contributed by atoms with Gasteiger partial charge in [-0.15, -0.1) is 0 Å². The zero-order valence-electron chi connectivity index (χ0n) is 15.2. The number of hydrogen-bond acceptors (Lipinski definition) is 4. The quantitative estimate of drug-likeness (QED) is 0.409. The lowest BCUT2D eigenvalue weighted by atomic mass is 10.1. The predicted molar refractivity (Wildman–Crippen MR) is 112 cm³/mol. The van der Waals surface area contributed by atoms with Gasteiger partial charge in [-0.3, -0.25) is 5.10 Å². The van der Waals surface area contributed by atoms with Crippen molar-refractivity contribution >= 4 is 35.0 Å². The van der Waals surface area contributed by atoms with E-state index in [0.29, 0.717) is 11.2 Å². The van der Waals surface area contributed by atoms with E-state index in [1.807, 2.05) is 44.6 Å². The minimum absolute atomic E-state index is 0.478. The largest absolute Gasteiger partial charge is 0.378 e. The van der Waals surface area contributed by atoms with Gasteiger partial charge in [0.15, 0.2) is 5.82 Å². The Bertz CT molecular complexity index is 1150. The summed E-state index contributed by atoms with van der Waals surface area (Å²) >= 11 is 5.35. The van der Waals surface area contributed by atoms with Crippen molar-refractivity contribution < 1.29 is 0 Å². The van der Waals surface area contributed by atoms with Crippen LogP contribution in [0.5, 0.6) is 0 Å². The Morgan fingerprint density at radius 1 is 1.15 bits per heavy atom. The number of aromatic amines is 2. The molecule has 0 aliphatic heterocycles. The van der Waals surface area contributed by atoms with E-state index >= 15 is 0 Å². The third kappa shape index (κ3) is 3.54. The van der Waals surface area contributed by atoms with Gasteiger partial charge in [0.1, 0.15) is 0 Å². The summed E-state index contributed by atoms with van der Waals surface area (Å²) in [5.41, 5.74) is 4.41. The van der Waals surface area contributed by atoms with Gasteiger partial charge < -0.3 is 9.88 Å². The molecular formula is C20H20N6S. The summed E-state index contributed by atoms with van der Waals surface area (Å²) in [6.07, 6.45) is 4.44. The second kappa shape index (κ2) is 7.20. The molecule has 0 bridgehead atoms. The summed E-state index contributed by atoms with van der Waals surface area (Å²) in [5.74, 6) is 0.769. The first-order valence-electron chi connectivity index (χ1n) is 8.65. The fraction of sp³-hybridized carbons (Fsp3) is 0.150. The van der Waals surface area contributed by atoms with E-state index < -0.39 is 0 Å². The van der Waals surface area contributed by atoms with Gasteiger partial charge in [0.2, 0.25) is 4.77 Å². The Labute approximate surface area is 162 Å². The fourth-order valence-electron chi connectivity index (χ4n) is 2.99. The van der Waals surface area contributed by atoms with Crippen molar-refractivity contribution in [1.29, 1.82) is 0 Å². The maximum atomic E-state index is 5.35. The highest BCUT2D eigenvalue weighted by atomic mass is 32.1. The normalized spacial score (nSPS) is 11.5. The van der Waals surface area contributed by atoms with Crippen molar-refractivity contribution in [3.8, 4) is 0 Å². The molecule has 2 heterocycles. The van der Waals surface area contributed by atoms with Crippen LogP contribution < -0.4 is 4.90 Å². The summed E-state index contributed by atoms with van der Waals surface area (Å²) in [5, 5.41) is 12.9. The summed E-state index contributed by atoms with van der Waals surface area (Å²) in [6, 6.07) is 16.4. The van der Waals surface area contributed by atoms with E-state index in [1.165, 1.54) is 5.39 Å². The van der Waals surface area contributed by atoms with Gasteiger partial charge in [0, 0.05) is 43.3 Å². The number of aromatic nitrogens is 4. The third-order valence-electron chi connectivity index (χ3n) is 4.47. The minimum Gasteiger partial charge on any atom is -0.378 e. The number of fused-ring (bicyclic) bond motifs is 1.